The highest BCUT2D eigenvalue weighted by Crippen LogP contribution is 2.36. The van der Waals surface area contributed by atoms with E-state index in [9.17, 15) is 34.1 Å². The number of carbonyl (C=O) groups excluding carboxylic acids is 5. The van der Waals surface area contributed by atoms with Crippen molar-refractivity contribution in [2.75, 3.05) is 13.7 Å². The maximum absolute atomic E-state index is 12.7. The molecular formula is C25H37NO15Si. The molecular weight excluding hydrogens is 582 g/mol. The number of methoxy groups -OCH3 is 1. The third-order valence-electron chi connectivity index (χ3n) is 5.94. The minimum atomic E-state index is -2.27. The number of carbonyl (C=O) groups is 5. The molecule has 42 heavy (non-hydrogen) atoms. The highest BCUT2D eigenvalue weighted by atomic mass is 28.4. The summed E-state index contributed by atoms with van der Waals surface area (Å²) < 4.78 is 43.9. The Hall–Kier alpha value is -3.57. The minimum Gasteiger partial charge on any atom is -0.547 e. The lowest BCUT2D eigenvalue weighted by molar-refractivity contribution is -0.544. The molecule has 0 aromatic rings. The molecule has 2 aliphatic rings. The lowest BCUT2D eigenvalue weighted by Gasteiger charge is -2.45. The molecule has 0 aromatic heterocycles. The van der Waals surface area contributed by atoms with Crippen LogP contribution in [0.4, 0.5) is 0 Å². The average molecular weight is 620 g/mol. The first-order chi connectivity index (χ1) is 19.4. The summed E-state index contributed by atoms with van der Waals surface area (Å²) in [6.45, 7) is 9.37. The van der Waals surface area contributed by atoms with Crippen molar-refractivity contribution in [3.8, 4) is 0 Å². The van der Waals surface area contributed by atoms with Gasteiger partial charge < -0.3 is 37.6 Å². The minimum absolute atomic E-state index is 0.138. The maximum atomic E-state index is 12.7. The van der Waals surface area contributed by atoms with Crippen LogP contribution in [0.1, 0.15) is 34.1 Å². The van der Waals surface area contributed by atoms with Gasteiger partial charge in [0, 0.05) is 39.0 Å². The molecule has 1 aliphatic carbocycles. The molecule has 0 bridgehead atoms. The molecule has 0 aromatic carbocycles. The van der Waals surface area contributed by atoms with Crippen LogP contribution in [0.15, 0.2) is 11.8 Å². The third kappa shape index (κ3) is 9.76. The van der Waals surface area contributed by atoms with Crippen molar-refractivity contribution in [1.29, 1.82) is 0 Å². The number of hydrogen-bond donors (Lipinski definition) is 0. The van der Waals surface area contributed by atoms with Gasteiger partial charge in [-0.2, -0.15) is 0 Å². The fraction of sp³-hybridized carbons (Fsp3) is 0.720. The Kier molecular flexibility index (Phi) is 12.0. The molecule has 8 atom stereocenters. The van der Waals surface area contributed by atoms with Gasteiger partial charge in [-0.15, -0.1) is 0 Å². The molecule has 1 fully saturated rings. The van der Waals surface area contributed by atoms with Crippen LogP contribution in [0.5, 0.6) is 0 Å². The quantitative estimate of drug-likeness (QED) is 0.104. The largest absolute Gasteiger partial charge is 0.547 e. The number of ether oxygens (including phenoxy) is 7. The van der Waals surface area contributed by atoms with E-state index in [1.54, 1.807) is 0 Å². The van der Waals surface area contributed by atoms with Gasteiger partial charge in [0.1, 0.15) is 18.6 Å². The van der Waals surface area contributed by atoms with E-state index in [1.807, 2.05) is 19.6 Å². The predicted octanol–water partition coefficient (Wildman–Crippen LogP) is 1.03. The summed E-state index contributed by atoms with van der Waals surface area (Å²) in [5.74, 6) is -5.24. The van der Waals surface area contributed by atoms with Gasteiger partial charge in [-0.05, 0) is 25.7 Å². The lowest BCUT2D eigenvalue weighted by Crippen LogP contribution is -2.64. The maximum Gasteiger partial charge on any atom is 0.316 e. The van der Waals surface area contributed by atoms with Gasteiger partial charge in [-0.25, -0.2) is 0 Å². The van der Waals surface area contributed by atoms with Crippen LogP contribution >= 0.6 is 0 Å². The number of hydrogen-bond acceptors (Lipinski definition) is 15. The van der Waals surface area contributed by atoms with Gasteiger partial charge in [-0.3, -0.25) is 34.1 Å². The van der Waals surface area contributed by atoms with Crippen LogP contribution in [0.2, 0.25) is 19.6 Å². The zero-order chi connectivity index (χ0) is 31.9. The Bertz CT molecular complexity index is 1090. The van der Waals surface area contributed by atoms with Crippen molar-refractivity contribution in [3.63, 3.8) is 0 Å². The van der Waals surface area contributed by atoms with Crippen LogP contribution in [0.3, 0.4) is 0 Å². The normalized spacial score (nSPS) is 29.3. The molecule has 0 unspecified atom stereocenters. The van der Waals surface area contributed by atoms with Crippen LogP contribution in [-0.2, 0) is 61.6 Å². The summed E-state index contributed by atoms with van der Waals surface area (Å²) in [5.41, 5.74) is 0. The van der Waals surface area contributed by atoms with Crippen molar-refractivity contribution >= 4 is 38.2 Å². The molecule has 1 aliphatic heterocycles. The molecule has 17 heteroatoms. The summed E-state index contributed by atoms with van der Waals surface area (Å²) in [6, 6.07) is -1.70. The zero-order valence-corrected chi connectivity index (χ0v) is 25.7. The summed E-state index contributed by atoms with van der Waals surface area (Å²) in [4.78, 5) is 71.9. The van der Waals surface area contributed by atoms with E-state index in [1.165, 1.54) is 6.08 Å². The van der Waals surface area contributed by atoms with E-state index in [2.05, 4.69) is 0 Å². The first kappa shape index (κ1) is 34.6. The molecule has 16 nitrogen and oxygen atoms in total. The predicted molar refractivity (Wildman–Crippen MR) is 140 cm³/mol. The number of esters is 5. The summed E-state index contributed by atoms with van der Waals surface area (Å²) in [5, 5.41) is 12.3. The summed E-state index contributed by atoms with van der Waals surface area (Å²) in [6.07, 6.45) is -7.98. The Labute approximate surface area is 243 Å². The average Bonchev–Trinajstić information content (AvgIpc) is 2.83. The third-order valence-corrected chi connectivity index (χ3v) is 6.82. The number of nitro groups is 1. The van der Waals surface area contributed by atoms with Gasteiger partial charge in [0.25, 0.3) is 6.04 Å². The van der Waals surface area contributed by atoms with Crippen molar-refractivity contribution in [1.82, 2.24) is 0 Å². The molecule has 0 spiro atoms. The van der Waals surface area contributed by atoms with E-state index >= 15 is 0 Å². The monoisotopic (exact) mass is 619 g/mol. The van der Waals surface area contributed by atoms with Crippen molar-refractivity contribution < 1.29 is 66.5 Å². The summed E-state index contributed by atoms with van der Waals surface area (Å²) in [7, 11) is -1.18. The van der Waals surface area contributed by atoms with Crippen LogP contribution in [-0.4, -0.2) is 99.7 Å². The fourth-order valence-electron chi connectivity index (χ4n) is 4.60. The Morgan fingerprint density at radius 3 is 1.95 bits per heavy atom. The SMILES string of the molecule is COC(=O)[C@@H]1CC(O[Si](C)(C)C)=C[C@@H](O[C@@H]2O[C@H](COC(C)=O)[C@@H](OC(C)=O)[C@H](OC(C)=O)[C@H]2OC(C)=O)[C@H]1[N+](=O)[O-]. The number of rotatable bonds is 11. The first-order valence-corrected chi connectivity index (χ1v) is 16.4. The van der Waals surface area contributed by atoms with E-state index < -0.39 is 98.5 Å². The Morgan fingerprint density at radius 2 is 1.48 bits per heavy atom. The molecule has 236 valence electrons. The molecule has 0 radical (unpaired) electrons. The standard InChI is InChI=1S/C25H37NO15Si/c1-12(27)35-11-19-21(36-13(2)28)22(37-14(3)29)23(38-15(4)30)25(40-19)39-18-10-16(41-42(6,7)8)9-17(24(31)34-5)20(18)26(32)33/h10,17-23,25H,9,11H2,1-8H3/t17-,18-,19-,20+,21-,22+,23-,25-/m1/s1. The van der Waals surface area contributed by atoms with E-state index in [0.717, 1.165) is 34.8 Å². The second-order valence-electron chi connectivity index (χ2n) is 10.6. The molecule has 0 saturated carbocycles. The topological polar surface area (TPSA) is 202 Å². The fourth-order valence-corrected chi connectivity index (χ4v) is 5.54. The van der Waals surface area contributed by atoms with Gasteiger partial charge in [0.2, 0.25) is 8.32 Å². The number of allylic oxidation sites excluding steroid dienone is 1. The Morgan fingerprint density at radius 1 is 0.929 bits per heavy atom. The zero-order valence-electron chi connectivity index (χ0n) is 24.7. The first-order valence-electron chi connectivity index (χ1n) is 13.0. The molecule has 2 rings (SSSR count). The van der Waals surface area contributed by atoms with Crippen LogP contribution in [0.25, 0.3) is 0 Å². The van der Waals surface area contributed by atoms with E-state index in [0.29, 0.717) is 0 Å². The lowest BCUT2D eigenvalue weighted by atomic mass is 9.86. The smallest absolute Gasteiger partial charge is 0.316 e. The van der Waals surface area contributed by atoms with Crippen LogP contribution in [0, 0.1) is 16.0 Å². The van der Waals surface area contributed by atoms with E-state index in [-0.39, 0.29) is 12.2 Å². The second-order valence-corrected chi connectivity index (χ2v) is 15.1. The van der Waals surface area contributed by atoms with Gasteiger partial charge >= 0.3 is 29.8 Å². The van der Waals surface area contributed by atoms with Gasteiger partial charge in [0.15, 0.2) is 30.7 Å². The second kappa shape index (κ2) is 14.5. The van der Waals surface area contributed by atoms with E-state index in [4.69, 9.17) is 37.6 Å². The van der Waals surface area contributed by atoms with Gasteiger partial charge in [0.05, 0.1) is 12.9 Å². The Balaban J connectivity index is 2.64. The molecule has 1 saturated heterocycles. The van der Waals surface area contributed by atoms with Crippen molar-refractivity contribution in [3.05, 3.63) is 21.9 Å². The molecule has 0 N–H and O–H groups in total. The van der Waals surface area contributed by atoms with Crippen molar-refractivity contribution in [2.45, 2.75) is 96.6 Å². The van der Waals surface area contributed by atoms with Gasteiger partial charge in [-0.1, -0.05) is 0 Å². The summed E-state index contributed by atoms with van der Waals surface area (Å²) >= 11 is 0. The highest BCUT2D eigenvalue weighted by Gasteiger charge is 2.56. The number of nitrogens with zero attached hydrogens (tertiary/aromatic N) is 1. The molecule has 0 amide bonds. The van der Waals surface area contributed by atoms with Crippen molar-refractivity contribution in [2.24, 2.45) is 5.92 Å². The van der Waals surface area contributed by atoms with Crippen LogP contribution < -0.4 is 0 Å². The molecule has 1 heterocycles. The highest BCUT2D eigenvalue weighted by molar-refractivity contribution is 6.70.